The second-order valence-electron chi connectivity index (χ2n) is 5.49. The van der Waals surface area contributed by atoms with Crippen LogP contribution in [0.2, 0.25) is 5.02 Å². The largest absolute Gasteiger partial charge is 0.466 e. The summed E-state index contributed by atoms with van der Waals surface area (Å²) < 4.78 is 32.4. The van der Waals surface area contributed by atoms with Crippen molar-refractivity contribution in [1.82, 2.24) is 0 Å². The lowest BCUT2D eigenvalue weighted by molar-refractivity contribution is -0.144. The molecule has 5 heteroatoms. The molecule has 0 saturated heterocycles. The highest BCUT2D eigenvalue weighted by Crippen LogP contribution is 2.39. The molecule has 0 aromatic heterocycles. The van der Waals surface area contributed by atoms with Crippen molar-refractivity contribution in [3.05, 3.63) is 34.4 Å². The van der Waals surface area contributed by atoms with Gasteiger partial charge < -0.3 is 4.74 Å². The van der Waals surface area contributed by atoms with Crippen LogP contribution in [-0.2, 0) is 9.53 Å². The minimum Gasteiger partial charge on any atom is -0.466 e. The van der Waals surface area contributed by atoms with E-state index in [9.17, 15) is 13.6 Å². The van der Waals surface area contributed by atoms with E-state index in [1.54, 1.807) is 13.0 Å². The normalized spacial score (nSPS) is 22.1. The maximum absolute atomic E-state index is 13.9. The van der Waals surface area contributed by atoms with Crippen LogP contribution in [0.1, 0.15) is 50.5 Å². The Morgan fingerprint density at radius 1 is 1.24 bits per heavy atom. The smallest absolute Gasteiger partial charge is 0.306 e. The monoisotopic (exact) mass is 316 g/mol. The van der Waals surface area contributed by atoms with Gasteiger partial charge in [0, 0.05) is 6.42 Å². The van der Waals surface area contributed by atoms with Gasteiger partial charge in [-0.2, -0.15) is 0 Å². The number of esters is 1. The first-order chi connectivity index (χ1) is 10.0. The first-order valence-electron chi connectivity index (χ1n) is 7.32. The molecule has 1 aliphatic rings. The number of hydrogen-bond acceptors (Lipinski definition) is 2. The molecule has 0 spiro atoms. The van der Waals surface area contributed by atoms with Crippen molar-refractivity contribution in [3.8, 4) is 0 Å². The van der Waals surface area contributed by atoms with Crippen LogP contribution in [0.25, 0.3) is 0 Å². The third-order valence-corrected chi connectivity index (χ3v) is 4.40. The van der Waals surface area contributed by atoms with E-state index < -0.39 is 11.6 Å². The Bertz CT molecular complexity index is 511. The van der Waals surface area contributed by atoms with Crippen molar-refractivity contribution < 1.29 is 18.3 Å². The molecule has 1 aliphatic carbocycles. The van der Waals surface area contributed by atoms with E-state index in [2.05, 4.69) is 0 Å². The molecule has 0 aliphatic heterocycles. The quantitative estimate of drug-likeness (QED) is 0.586. The summed E-state index contributed by atoms with van der Waals surface area (Å²) in [5, 5.41) is -0.188. The summed E-state index contributed by atoms with van der Waals surface area (Å²) in [6.07, 6.45) is 3.57. The average molecular weight is 317 g/mol. The van der Waals surface area contributed by atoms with Crippen LogP contribution in [0.3, 0.4) is 0 Å². The highest BCUT2D eigenvalue weighted by Gasteiger charge is 2.27. The van der Waals surface area contributed by atoms with Crippen LogP contribution in [0.15, 0.2) is 12.1 Å². The second-order valence-corrected chi connectivity index (χ2v) is 5.90. The molecular formula is C16H19ClF2O2. The Balaban J connectivity index is 1.95. The van der Waals surface area contributed by atoms with E-state index in [1.807, 2.05) is 0 Å². The lowest BCUT2D eigenvalue weighted by Gasteiger charge is -2.28. The van der Waals surface area contributed by atoms with Crippen molar-refractivity contribution >= 4 is 17.6 Å². The topological polar surface area (TPSA) is 26.3 Å². The highest BCUT2D eigenvalue weighted by atomic mass is 35.5. The maximum atomic E-state index is 13.9. The SMILES string of the molecule is CCOC(=O)CC1CCC(c2ccc(Cl)c(F)c2F)CC1. The van der Waals surface area contributed by atoms with Crippen molar-refractivity contribution in [3.63, 3.8) is 0 Å². The predicted octanol–water partition coefficient (Wildman–Crippen LogP) is 4.85. The summed E-state index contributed by atoms with van der Waals surface area (Å²) in [6.45, 7) is 2.18. The van der Waals surface area contributed by atoms with Gasteiger partial charge in [0.1, 0.15) is 0 Å². The van der Waals surface area contributed by atoms with Gasteiger partial charge in [0.2, 0.25) is 0 Å². The number of rotatable bonds is 4. The summed E-state index contributed by atoms with van der Waals surface area (Å²) in [6, 6.07) is 2.97. The summed E-state index contributed by atoms with van der Waals surface area (Å²) in [7, 11) is 0. The van der Waals surface area contributed by atoms with E-state index in [0.717, 1.165) is 25.7 Å². The van der Waals surface area contributed by atoms with Crippen LogP contribution >= 0.6 is 11.6 Å². The van der Waals surface area contributed by atoms with Gasteiger partial charge in [-0.25, -0.2) is 8.78 Å². The Labute approximate surface area is 128 Å². The summed E-state index contributed by atoms with van der Waals surface area (Å²) in [4.78, 5) is 11.5. The zero-order chi connectivity index (χ0) is 15.4. The van der Waals surface area contributed by atoms with Gasteiger partial charge in [0.15, 0.2) is 11.6 Å². The van der Waals surface area contributed by atoms with Crippen LogP contribution in [0, 0.1) is 17.6 Å². The summed E-state index contributed by atoms with van der Waals surface area (Å²) in [5.74, 6) is -1.71. The molecule has 1 saturated carbocycles. The fraction of sp³-hybridized carbons (Fsp3) is 0.562. The van der Waals surface area contributed by atoms with Crippen molar-refractivity contribution in [2.75, 3.05) is 6.61 Å². The van der Waals surface area contributed by atoms with Gasteiger partial charge in [-0.05, 0) is 56.1 Å². The van der Waals surface area contributed by atoms with Gasteiger partial charge in [-0.3, -0.25) is 4.79 Å². The number of carbonyl (C=O) groups excluding carboxylic acids is 1. The predicted molar refractivity (Wildman–Crippen MR) is 77.3 cm³/mol. The Morgan fingerprint density at radius 2 is 1.90 bits per heavy atom. The number of hydrogen-bond donors (Lipinski definition) is 0. The third-order valence-electron chi connectivity index (χ3n) is 4.11. The van der Waals surface area contributed by atoms with Crippen molar-refractivity contribution in [2.45, 2.75) is 44.9 Å². The first kappa shape index (κ1) is 16.2. The molecule has 0 N–H and O–H groups in total. The molecule has 116 valence electrons. The standard InChI is InChI=1S/C16H19ClF2O2/c1-2-21-14(20)9-10-3-5-11(6-4-10)12-7-8-13(17)16(19)15(12)18/h7-8,10-11H,2-6,9H2,1H3. The molecule has 0 bridgehead atoms. The molecule has 2 nitrogen and oxygen atoms in total. The molecular weight excluding hydrogens is 298 g/mol. The molecule has 1 aromatic carbocycles. The zero-order valence-electron chi connectivity index (χ0n) is 12.0. The van der Waals surface area contributed by atoms with Crippen LogP contribution in [-0.4, -0.2) is 12.6 Å². The van der Waals surface area contributed by atoms with Gasteiger partial charge in [0.05, 0.1) is 11.6 Å². The van der Waals surface area contributed by atoms with Crippen LogP contribution in [0.5, 0.6) is 0 Å². The Hall–Kier alpha value is -1.16. The third kappa shape index (κ3) is 3.94. The minimum absolute atomic E-state index is 0.00443. The molecule has 0 radical (unpaired) electrons. The Morgan fingerprint density at radius 3 is 2.52 bits per heavy atom. The lowest BCUT2D eigenvalue weighted by Crippen LogP contribution is -2.18. The van der Waals surface area contributed by atoms with E-state index in [0.29, 0.717) is 18.6 Å². The molecule has 21 heavy (non-hydrogen) atoms. The van der Waals surface area contributed by atoms with Gasteiger partial charge >= 0.3 is 5.97 Å². The lowest BCUT2D eigenvalue weighted by atomic mass is 9.77. The number of carbonyl (C=O) groups is 1. The van der Waals surface area contributed by atoms with E-state index in [1.165, 1.54) is 6.07 Å². The van der Waals surface area contributed by atoms with E-state index in [-0.39, 0.29) is 22.8 Å². The minimum atomic E-state index is -0.970. The highest BCUT2D eigenvalue weighted by molar-refractivity contribution is 6.30. The number of halogens is 3. The van der Waals surface area contributed by atoms with Gasteiger partial charge in [-0.15, -0.1) is 0 Å². The molecule has 0 amide bonds. The number of benzene rings is 1. The molecule has 1 fully saturated rings. The first-order valence-corrected chi connectivity index (χ1v) is 7.69. The molecule has 1 aromatic rings. The average Bonchev–Trinajstić information content (AvgIpc) is 2.46. The zero-order valence-corrected chi connectivity index (χ0v) is 12.8. The Kier molecular flexibility index (Phi) is 5.57. The fourth-order valence-corrected chi connectivity index (χ4v) is 3.14. The van der Waals surface area contributed by atoms with E-state index in [4.69, 9.17) is 16.3 Å². The maximum Gasteiger partial charge on any atom is 0.306 e. The van der Waals surface area contributed by atoms with Gasteiger partial charge in [-0.1, -0.05) is 17.7 Å². The summed E-state index contributed by atoms with van der Waals surface area (Å²) in [5.41, 5.74) is 0.395. The van der Waals surface area contributed by atoms with Crippen LogP contribution < -0.4 is 0 Å². The fourth-order valence-electron chi connectivity index (χ4n) is 2.99. The molecule has 0 atom stereocenters. The molecule has 2 rings (SSSR count). The second kappa shape index (κ2) is 7.21. The molecule has 0 heterocycles. The van der Waals surface area contributed by atoms with E-state index >= 15 is 0 Å². The molecule has 0 unspecified atom stereocenters. The summed E-state index contributed by atoms with van der Waals surface area (Å²) >= 11 is 5.57. The van der Waals surface area contributed by atoms with Crippen LogP contribution in [0.4, 0.5) is 8.78 Å². The van der Waals surface area contributed by atoms with Crippen molar-refractivity contribution in [1.29, 1.82) is 0 Å². The van der Waals surface area contributed by atoms with Crippen molar-refractivity contribution in [2.24, 2.45) is 5.92 Å². The number of ether oxygens (including phenoxy) is 1. The van der Waals surface area contributed by atoms with Gasteiger partial charge in [0.25, 0.3) is 0 Å².